The van der Waals surface area contributed by atoms with E-state index in [4.69, 9.17) is 21.8 Å². The Bertz CT molecular complexity index is 798. The van der Waals surface area contributed by atoms with Crippen molar-refractivity contribution in [2.24, 2.45) is 0 Å². The molecule has 0 bridgehead atoms. The zero-order valence-electron chi connectivity index (χ0n) is 29.2. The zero-order chi connectivity index (χ0) is 31.7. The molecule has 43 heavy (non-hydrogen) atoms. The smallest absolute Gasteiger partial charge is 0.460 e. The topological polar surface area (TPSA) is 63.2 Å². The van der Waals surface area contributed by atoms with E-state index in [9.17, 15) is 4.79 Å². The van der Waals surface area contributed by atoms with E-state index in [0.717, 1.165) is 6.42 Å². The summed E-state index contributed by atoms with van der Waals surface area (Å²) in [6, 6.07) is 0. The summed E-state index contributed by atoms with van der Waals surface area (Å²) >= 11 is 0. The molecule has 0 aliphatic heterocycles. The number of hydrogen-bond donors (Lipinski definition) is 0. The van der Waals surface area contributed by atoms with Crippen LogP contribution in [0.5, 0.6) is 0 Å². The molecule has 10 heteroatoms. The molecule has 3 saturated carbocycles. The molecule has 0 aromatic carbocycles. The molecule has 3 aliphatic rings. The minimum atomic E-state index is -3.38. The van der Waals surface area contributed by atoms with Gasteiger partial charge >= 0.3 is 14.8 Å². The first-order valence-electron chi connectivity index (χ1n) is 17.8. The summed E-state index contributed by atoms with van der Waals surface area (Å²) in [6.45, 7) is 22.7. The average Bonchev–Trinajstić information content (AvgIpc) is 2.97. The molecule has 0 amide bonds. The minimum Gasteiger partial charge on any atom is -0.460 e. The Kier molecular flexibility index (Phi) is 14.5. The zero-order valence-corrected chi connectivity index (χ0v) is 33.2. The molecule has 0 aromatic rings. The van der Waals surface area contributed by atoms with Crippen molar-refractivity contribution in [2.45, 2.75) is 178 Å². The molecular formula is C33H66O6Si4. The molecule has 3 fully saturated rings. The molecular weight excluding hydrogens is 605 g/mol. The van der Waals surface area contributed by atoms with Gasteiger partial charge < -0.3 is 21.8 Å². The summed E-state index contributed by atoms with van der Waals surface area (Å²) in [5.74, 6) is -0.369. The molecule has 3 aliphatic carbocycles. The van der Waals surface area contributed by atoms with Crippen LogP contribution in [-0.2, 0) is 26.6 Å². The first-order chi connectivity index (χ1) is 20.2. The summed E-state index contributed by atoms with van der Waals surface area (Å²) in [5, 5.41) is 0. The lowest BCUT2D eigenvalue weighted by Crippen LogP contribution is -2.70. The predicted octanol–water partition coefficient (Wildman–Crippen LogP) is 10.0. The van der Waals surface area contributed by atoms with Crippen molar-refractivity contribution in [3.63, 3.8) is 0 Å². The minimum absolute atomic E-state index is 0.197. The molecule has 0 aromatic heterocycles. The van der Waals surface area contributed by atoms with Crippen molar-refractivity contribution < 1.29 is 26.6 Å². The highest BCUT2D eigenvalue weighted by molar-refractivity contribution is 6.92. The van der Waals surface area contributed by atoms with Crippen molar-refractivity contribution in [1.29, 1.82) is 0 Å². The molecule has 0 saturated heterocycles. The second-order valence-electron chi connectivity index (χ2n) is 15.4. The van der Waals surface area contributed by atoms with Gasteiger partial charge in [-0.3, -0.25) is 0 Å². The first kappa shape index (κ1) is 37.4. The van der Waals surface area contributed by atoms with E-state index in [0.29, 0.717) is 28.8 Å². The molecule has 0 radical (unpaired) electrons. The molecule has 1 atom stereocenters. The highest BCUT2D eigenvalue weighted by Gasteiger charge is 2.61. The number of rotatable bonds is 16. The summed E-state index contributed by atoms with van der Waals surface area (Å²) in [6.07, 6.45) is 20.1. The Morgan fingerprint density at radius 2 is 1.00 bits per heavy atom. The Labute approximate surface area is 269 Å². The molecule has 1 unspecified atom stereocenters. The van der Waals surface area contributed by atoms with Gasteiger partial charge in [0.15, 0.2) is 25.0 Å². The number of esters is 1. The van der Waals surface area contributed by atoms with Gasteiger partial charge in [-0.15, -0.1) is 0 Å². The highest BCUT2D eigenvalue weighted by atomic mass is 28.5. The van der Waals surface area contributed by atoms with E-state index < -0.39 is 33.8 Å². The lowest BCUT2D eigenvalue weighted by Gasteiger charge is -2.52. The molecule has 6 nitrogen and oxygen atoms in total. The second kappa shape index (κ2) is 16.7. The normalized spacial score (nSPS) is 21.5. The van der Waals surface area contributed by atoms with Crippen LogP contribution in [0.2, 0.25) is 55.9 Å². The number of carbonyl (C=O) groups is 1. The van der Waals surface area contributed by atoms with Gasteiger partial charge in [-0.2, -0.15) is 0 Å². The van der Waals surface area contributed by atoms with Crippen LogP contribution in [0.25, 0.3) is 0 Å². The third kappa shape index (κ3) is 10.7. The quantitative estimate of drug-likeness (QED) is 0.0705. The van der Waals surface area contributed by atoms with Gasteiger partial charge in [-0.25, -0.2) is 4.79 Å². The Morgan fingerprint density at radius 1 is 0.651 bits per heavy atom. The third-order valence-corrected chi connectivity index (χ3v) is 29.5. The van der Waals surface area contributed by atoms with Crippen LogP contribution in [0.15, 0.2) is 12.2 Å². The summed E-state index contributed by atoms with van der Waals surface area (Å²) in [4.78, 5) is 12.1. The fourth-order valence-corrected chi connectivity index (χ4v) is 28.1. The summed E-state index contributed by atoms with van der Waals surface area (Å²) in [7, 11) is -10.0. The third-order valence-electron chi connectivity index (χ3n) is 10.7. The molecule has 0 spiro atoms. The van der Waals surface area contributed by atoms with Gasteiger partial charge in [-0.1, -0.05) is 110 Å². The number of hydrogen-bond acceptors (Lipinski definition) is 6. The largest absolute Gasteiger partial charge is 0.500 e. The van der Waals surface area contributed by atoms with Crippen LogP contribution < -0.4 is 0 Å². The Balaban J connectivity index is 2.02. The standard InChI is InChI=1S/C33H66O6Si4/c1-10-32(35-26-27-36-33(34)28(2)3)43(37-40(4,5)29-20-14-11-15-21-29,38-41(6,7)30-22-16-12-17-23-30)39-42(8,9)31-24-18-13-19-25-31/h29-32H,2,10-27H2,1,3-9H3. The average molecular weight is 671 g/mol. The Morgan fingerprint density at radius 3 is 1.30 bits per heavy atom. The lowest BCUT2D eigenvalue weighted by molar-refractivity contribution is -0.140. The predicted molar refractivity (Wildman–Crippen MR) is 188 cm³/mol. The van der Waals surface area contributed by atoms with Crippen LogP contribution in [0, 0.1) is 0 Å². The highest BCUT2D eigenvalue weighted by Crippen LogP contribution is 2.46. The first-order valence-corrected chi connectivity index (χ1v) is 28.5. The van der Waals surface area contributed by atoms with Crippen LogP contribution in [-0.4, -0.2) is 58.7 Å². The fourth-order valence-electron chi connectivity index (χ4n) is 7.92. The van der Waals surface area contributed by atoms with E-state index in [1.807, 2.05) is 0 Å². The number of ether oxygens (including phenoxy) is 2. The van der Waals surface area contributed by atoms with Crippen LogP contribution in [0.1, 0.15) is 117 Å². The summed E-state index contributed by atoms with van der Waals surface area (Å²) < 4.78 is 35.4. The van der Waals surface area contributed by atoms with Crippen molar-refractivity contribution >= 4 is 39.7 Å². The van der Waals surface area contributed by atoms with E-state index >= 15 is 0 Å². The van der Waals surface area contributed by atoms with E-state index in [1.54, 1.807) is 6.92 Å². The molecule has 0 N–H and O–H groups in total. The fraction of sp³-hybridized carbons (Fsp3) is 0.909. The van der Waals surface area contributed by atoms with Crippen LogP contribution in [0.4, 0.5) is 0 Å². The van der Waals surface area contributed by atoms with Crippen LogP contribution in [0.3, 0.4) is 0 Å². The summed E-state index contributed by atoms with van der Waals surface area (Å²) in [5.41, 5.74) is 2.00. The Hall–Kier alpha value is -0.0825. The lowest BCUT2D eigenvalue weighted by atomic mass is 10.0. The maximum Gasteiger partial charge on any atom is 0.500 e. The van der Waals surface area contributed by atoms with Crippen molar-refractivity contribution in [3.05, 3.63) is 12.2 Å². The molecule has 0 heterocycles. The van der Waals surface area contributed by atoms with Gasteiger partial charge in [0, 0.05) is 5.57 Å². The molecule has 3 rings (SSSR count). The monoisotopic (exact) mass is 670 g/mol. The van der Waals surface area contributed by atoms with Crippen molar-refractivity contribution in [3.8, 4) is 0 Å². The van der Waals surface area contributed by atoms with Gasteiger partial charge in [-0.05, 0) is 69.3 Å². The van der Waals surface area contributed by atoms with Crippen molar-refractivity contribution in [1.82, 2.24) is 0 Å². The maximum absolute atomic E-state index is 12.1. The van der Waals surface area contributed by atoms with Gasteiger partial charge in [0.2, 0.25) is 0 Å². The van der Waals surface area contributed by atoms with Gasteiger partial charge in [0.25, 0.3) is 0 Å². The van der Waals surface area contributed by atoms with E-state index in [2.05, 4.69) is 52.8 Å². The van der Waals surface area contributed by atoms with Gasteiger partial charge in [0.1, 0.15) is 12.3 Å². The molecule has 250 valence electrons. The van der Waals surface area contributed by atoms with E-state index in [1.165, 1.54) is 96.3 Å². The maximum atomic E-state index is 12.1. The SMILES string of the molecule is C=C(C)C(=O)OCCOC(CC)[Si](O[Si](C)(C)C1CCCCC1)(O[Si](C)(C)C1CCCCC1)O[Si](C)(C)C1CCCCC1. The second-order valence-corrected chi connectivity index (χ2v) is 31.8. The van der Waals surface area contributed by atoms with Crippen molar-refractivity contribution in [2.75, 3.05) is 13.2 Å². The van der Waals surface area contributed by atoms with E-state index in [-0.39, 0.29) is 18.3 Å². The van der Waals surface area contributed by atoms with Gasteiger partial charge in [0.05, 0.1) is 6.61 Å². The van der Waals surface area contributed by atoms with Crippen LogP contribution >= 0.6 is 0 Å². The number of carbonyl (C=O) groups excluding carboxylic acids is 1.